The van der Waals surface area contributed by atoms with Crippen LogP contribution in [0, 0.1) is 0 Å². The molecule has 0 rings (SSSR count). The van der Waals surface area contributed by atoms with Crippen molar-refractivity contribution in [2.75, 3.05) is 21.1 Å². The van der Waals surface area contributed by atoms with E-state index in [-0.39, 0.29) is 11.8 Å². The van der Waals surface area contributed by atoms with Gasteiger partial charge in [-0.2, -0.15) is 0 Å². The van der Waals surface area contributed by atoms with Crippen LogP contribution in [0.1, 0.15) is 47.0 Å². The van der Waals surface area contributed by atoms with E-state index in [0.29, 0.717) is 0 Å². The summed E-state index contributed by atoms with van der Waals surface area (Å²) in [6, 6.07) is 0. The molecule has 0 bridgehead atoms. The van der Waals surface area contributed by atoms with Crippen molar-refractivity contribution in [2.45, 2.75) is 64.4 Å². The second-order valence-corrected chi connectivity index (χ2v) is 5.43. The van der Waals surface area contributed by atoms with Crippen molar-refractivity contribution >= 4 is 0 Å². The zero-order valence-electron chi connectivity index (χ0n) is 13.0. The van der Waals surface area contributed by atoms with E-state index in [1.54, 1.807) is 0 Å². The van der Waals surface area contributed by atoms with Crippen LogP contribution in [-0.4, -0.2) is 38.6 Å². The maximum atomic E-state index is 5.61. The fraction of sp³-hybridized carbons (Fsp3) is 1.00. The van der Waals surface area contributed by atoms with Crippen molar-refractivity contribution in [1.82, 2.24) is 16.0 Å². The predicted molar refractivity (Wildman–Crippen MR) is 75.1 cm³/mol. The normalized spacial score (nSPS) is 16.0. The molecule has 0 amide bonds. The van der Waals surface area contributed by atoms with Crippen LogP contribution in [0.5, 0.6) is 0 Å². The summed E-state index contributed by atoms with van der Waals surface area (Å²) in [4.78, 5) is 11.1. The maximum absolute atomic E-state index is 5.61. The van der Waals surface area contributed by atoms with Crippen LogP contribution in [0.25, 0.3) is 0 Å². The predicted octanol–water partition coefficient (Wildman–Crippen LogP) is 1.60. The van der Waals surface area contributed by atoms with Gasteiger partial charge in [0.05, 0.1) is 11.8 Å². The van der Waals surface area contributed by atoms with Gasteiger partial charge in [0.15, 0.2) is 5.72 Å². The molecule has 0 aliphatic rings. The molecule has 18 heavy (non-hydrogen) atoms. The molecule has 0 saturated heterocycles. The Morgan fingerprint density at radius 1 is 1.00 bits per heavy atom. The molecule has 0 aromatic heterocycles. The van der Waals surface area contributed by atoms with Gasteiger partial charge in [-0.3, -0.25) is 5.32 Å². The van der Waals surface area contributed by atoms with E-state index in [4.69, 9.17) is 9.78 Å². The average molecular weight is 261 g/mol. The quantitative estimate of drug-likeness (QED) is 0.317. The van der Waals surface area contributed by atoms with E-state index < -0.39 is 5.72 Å². The standard InChI is InChI=1S/C13H31N3O2/c1-8-12(2,3)17-18-13(4,16-7)10-9-11(14-5)15-6/h11,14-16H,8-10H2,1-7H3. The van der Waals surface area contributed by atoms with Crippen LogP contribution in [0.15, 0.2) is 0 Å². The number of rotatable bonds is 10. The summed E-state index contributed by atoms with van der Waals surface area (Å²) >= 11 is 0. The second kappa shape index (κ2) is 8.07. The van der Waals surface area contributed by atoms with E-state index in [1.807, 2.05) is 41.9 Å². The Morgan fingerprint density at radius 3 is 1.94 bits per heavy atom. The molecule has 1 atom stereocenters. The van der Waals surface area contributed by atoms with E-state index >= 15 is 0 Å². The second-order valence-electron chi connectivity index (χ2n) is 5.43. The van der Waals surface area contributed by atoms with Crippen LogP contribution >= 0.6 is 0 Å². The summed E-state index contributed by atoms with van der Waals surface area (Å²) in [5, 5.41) is 9.57. The Morgan fingerprint density at radius 2 is 1.56 bits per heavy atom. The van der Waals surface area contributed by atoms with Crippen LogP contribution in [0.3, 0.4) is 0 Å². The van der Waals surface area contributed by atoms with Gasteiger partial charge in [-0.25, -0.2) is 9.78 Å². The third-order valence-corrected chi connectivity index (χ3v) is 3.44. The molecule has 0 spiro atoms. The van der Waals surface area contributed by atoms with Gasteiger partial charge < -0.3 is 10.6 Å². The maximum Gasteiger partial charge on any atom is 0.151 e. The zero-order valence-corrected chi connectivity index (χ0v) is 13.0. The largest absolute Gasteiger partial charge is 0.305 e. The summed E-state index contributed by atoms with van der Waals surface area (Å²) in [5.74, 6) is 0. The molecule has 0 aliphatic heterocycles. The lowest BCUT2D eigenvalue weighted by atomic mass is 10.1. The Kier molecular flexibility index (Phi) is 7.98. The molecule has 0 aromatic rings. The third kappa shape index (κ3) is 6.66. The molecular weight excluding hydrogens is 230 g/mol. The first-order chi connectivity index (χ1) is 8.32. The Hall–Kier alpha value is -0.200. The lowest BCUT2D eigenvalue weighted by Crippen LogP contribution is -2.47. The first-order valence-electron chi connectivity index (χ1n) is 6.72. The minimum Gasteiger partial charge on any atom is -0.305 e. The monoisotopic (exact) mass is 261 g/mol. The van der Waals surface area contributed by atoms with Gasteiger partial charge >= 0.3 is 0 Å². The number of hydrogen-bond acceptors (Lipinski definition) is 5. The van der Waals surface area contributed by atoms with E-state index in [9.17, 15) is 0 Å². The van der Waals surface area contributed by atoms with Crippen LogP contribution in [0.4, 0.5) is 0 Å². The molecular formula is C13H31N3O2. The van der Waals surface area contributed by atoms with E-state index in [1.165, 1.54) is 0 Å². The molecule has 110 valence electrons. The van der Waals surface area contributed by atoms with Crippen molar-refractivity contribution in [3.63, 3.8) is 0 Å². The number of nitrogens with one attached hydrogen (secondary N) is 3. The molecule has 3 N–H and O–H groups in total. The average Bonchev–Trinajstić information content (AvgIpc) is 2.38. The highest BCUT2D eigenvalue weighted by Gasteiger charge is 2.28. The van der Waals surface area contributed by atoms with Crippen molar-refractivity contribution < 1.29 is 9.78 Å². The van der Waals surface area contributed by atoms with Crippen LogP contribution < -0.4 is 16.0 Å². The summed E-state index contributed by atoms with van der Waals surface area (Å²) in [6.45, 7) is 8.12. The number of hydrogen-bond donors (Lipinski definition) is 3. The van der Waals surface area contributed by atoms with Crippen molar-refractivity contribution in [3.05, 3.63) is 0 Å². The molecule has 0 aromatic carbocycles. The lowest BCUT2D eigenvalue weighted by molar-refractivity contribution is -0.411. The Balaban J connectivity index is 4.25. The van der Waals surface area contributed by atoms with Gasteiger partial charge in [-0.1, -0.05) is 6.92 Å². The minimum atomic E-state index is -0.474. The lowest BCUT2D eigenvalue weighted by Gasteiger charge is -2.33. The molecule has 0 heterocycles. The Labute approximate surface area is 112 Å². The van der Waals surface area contributed by atoms with Gasteiger partial charge in [0, 0.05) is 0 Å². The van der Waals surface area contributed by atoms with Crippen molar-refractivity contribution in [3.8, 4) is 0 Å². The van der Waals surface area contributed by atoms with Crippen molar-refractivity contribution in [1.29, 1.82) is 0 Å². The van der Waals surface area contributed by atoms with Gasteiger partial charge in [0.25, 0.3) is 0 Å². The summed E-state index contributed by atoms with van der Waals surface area (Å²) in [5.41, 5.74) is -0.734. The molecule has 5 heteroatoms. The van der Waals surface area contributed by atoms with Gasteiger partial charge in [-0.15, -0.1) is 0 Å². The van der Waals surface area contributed by atoms with Crippen LogP contribution in [-0.2, 0) is 9.78 Å². The first kappa shape index (κ1) is 17.8. The summed E-state index contributed by atoms with van der Waals surface area (Å²) < 4.78 is 0. The van der Waals surface area contributed by atoms with Crippen LogP contribution in [0.2, 0.25) is 0 Å². The summed E-state index contributed by atoms with van der Waals surface area (Å²) in [7, 11) is 5.76. The molecule has 5 nitrogen and oxygen atoms in total. The van der Waals surface area contributed by atoms with Crippen molar-refractivity contribution in [2.24, 2.45) is 0 Å². The smallest absolute Gasteiger partial charge is 0.151 e. The Bertz CT molecular complexity index is 220. The fourth-order valence-electron chi connectivity index (χ4n) is 1.32. The highest BCUT2D eigenvalue weighted by atomic mass is 17.2. The molecule has 0 aliphatic carbocycles. The van der Waals surface area contributed by atoms with E-state index in [0.717, 1.165) is 19.3 Å². The molecule has 0 radical (unpaired) electrons. The zero-order chi connectivity index (χ0) is 14.2. The van der Waals surface area contributed by atoms with Gasteiger partial charge in [0.1, 0.15) is 0 Å². The third-order valence-electron chi connectivity index (χ3n) is 3.44. The molecule has 0 fully saturated rings. The van der Waals surface area contributed by atoms with Gasteiger partial charge in [-0.05, 0) is 61.2 Å². The highest BCUT2D eigenvalue weighted by Crippen LogP contribution is 2.21. The van der Waals surface area contributed by atoms with Gasteiger partial charge in [0.2, 0.25) is 0 Å². The minimum absolute atomic E-state index is 0.260. The fourth-order valence-corrected chi connectivity index (χ4v) is 1.32. The summed E-state index contributed by atoms with van der Waals surface area (Å²) in [6.07, 6.45) is 2.97. The van der Waals surface area contributed by atoms with E-state index in [2.05, 4.69) is 22.9 Å². The SMILES string of the molecule is CCC(C)(C)OOC(C)(CCC(NC)NC)NC. The topological polar surface area (TPSA) is 54.6 Å². The highest BCUT2D eigenvalue weighted by molar-refractivity contribution is 4.73. The molecule has 0 saturated carbocycles. The molecule has 1 unspecified atom stereocenters. The first-order valence-corrected chi connectivity index (χ1v) is 6.72.